The number of anilines is 1. The first kappa shape index (κ1) is 12.5. The van der Waals surface area contributed by atoms with Crippen molar-refractivity contribution in [3.63, 3.8) is 0 Å². The van der Waals surface area contributed by atoms with Crippen LogP contribution in [0.25, 0.3) is 11.1 Å². The van der Waals surface area contributed by atoms with Gasteiger partial charge in [-0.05, 0) is 12.1 Å². The highest BCUT2D eigenvalue weighted by atomic mass is 19.1. The molecule has 0 atom stereocenters. The van der Waals surface area contributed by atoms with Crippen molar-refractivity contribution in [2.24, 2.45) is 0 Å². The van der Waals surface area contributed by atoms with E-state index in [9.17, 15) is 8.78 Å². The molecule has 0 aliphatic carbocycles. The maximum Gasteiger partial charge on any atom is 0.175 e. The van der Waals surface area contributed by atoms with Gasteiger partial charge in [0, 0.05) is 17.0 Å². The molecule has 0 spiro atoms. The number of halogens is 2. The maximum absolute atomic E-state index is 13.8. The average molecular weight is 252 g/mol. The molecule has 2 N–H and O–H groups in total. The fourth-order valence-electron chi connectivity index (χ4n) is 1.77. The highest BCUT2D eigenvalue weighted by Crippen LogP contribution is 2.38. The summed E-state index contributed by atoms with van der Waals surface area (Å²) in [4.78, 5) is 0. The molecule has 96 valence electrons. The summed E-state index contributed by atoms with van der Waals surface area (Å²) in [7, 11) is 0. The molecule has 0 bridgehead atoms. The Balaban J connectivity index is 2.67. The van der Waals surface area contributed by atoms with Crippen LogP contribution >= 0.6 is 0 Å². The molecule has 1 aromatic heterocycles. The minimum atomic E-state index is -0.685. The van der Waals surface area contributed by atoms with Crippen LogP contribution in [0.15, 0.2) is 22.7 Å². The van der Waals surface area contributed by atoms with Gasteiger partial charge in [-0.2, -0.15) is 0 Å². The average Bonchev–Trinajstić information content (AvgIpc) is 2.60. The molecule has 2 rings (SSSR count). The Kier molecular flexibility index (Phi) is 2.84. The van der Waals surface area contributed by atoms with Gasteiger partial charge in [0.1, 0.15) is 11.6 Å². The maximum atomic E-state index is 13.8. The van der Waals surface area contributed by atoms with E-state index in [2.05, 4.69) is 5.16 Å². The third-order valence-corrected chi connectivity index (χ3v) is 2.60. The van der Waals surface area contributed by atoms with E-state index in [0.29, 0.717) is 11.3 Å². The predicted octanol–water partition coefficient (Wildman–Crippen LogP) is 3.50. The molecule has 1 aromatic carbocycles. The third kappa shape index (κ3) is 2.08. The van der Waals surface area contributed by atoms with Crippen LogP contribution in [0.4, 0.5) is 14.6 Å². The molecule has 18 heavy (non-hydrogen) atoms. The summed E-state index contributed by atoms with van der Waals surface area (Å²) >= 11 is 0. The Morgan fingerprint density at radius 1 is 1.22 bits per heavy atom. The number of benzene rings is 1. The van der Waals surface area contributed by atoms with E-state index >= 15 is 0 Å². The largest absolute Gasteiger partial charge is 0.380 e. The zero-order chi connectivity index (χ0) is 13.5. The minimum absolute atomic E-state index is 0.102. The molecule has 5 heteroatoms. The first-order chi connectivity index (χ1) is 8.30. The Labute approximate surface area is 104 Å². The topological polar surface area (TPSA) is 52.0 Å². The van der Waals surface area contributed by atoms with Gasteiger partial charge in [0.15, 0.2) is 11.6 Å². The van der Waals surface area contributed by atoms with E-state index in [1.54, 1.807) is 0 Å². The molecule has 0 fully saturated rings. The second-order valence-corrected chi connectivity index (χ2v) is 5.15. The fraction of sp³-hybridized carbons (Fsp3) is 0.308. The van der Waals surface area contributed by atoms with Gasteiger partial charge in [0.05, 0.1) is 5.56 Å². The zero-order valence-electron chi connectivity index (χ0n) is 10.4. The van der Waals surface area contributed by atoms with Crippen LogP contribution in [0, 0.1) is 11.6 Å². The standard InChI is InChI=1S/C13H14F2N2O/c1-13(2,3)11-10(12(16)17-18-11)8-5-4-7(14)6-9(8)15/h4-6H,1-3H3,(H2,16,17). The number of nitrogen functional groups attached to an aromatic ring is 1. The monoisotopic (exact) mass is 252 g/mol. The molecule has 0 unspecified atom stereocenters. The van der Waals surface area contributed by atoms with Crippen molar-refractivity contribution in [3.8, 4) is 11.1 Å². The van der Waals surface area contributed by atoms with Gasteiger partial charge in [-0.15, -0.1) is 0 Å². The van der Waals surface area contributed by atoms with Crippen molar-refractivity contribution in [2.75, 3.05) is 5.73 Å². The second kappa shape index (κ2) is 4.08. The lowest BCUT2D eigenvalue weighted by molar-refractivity contribution is 0.332. The van der Waals surface area contributed by atoms with Gasteiger partial charge < -0.3 is 10.3 Å². The van der Waals surface area contributed by atoms with E-state index in [1.807, 2.05) is 20.8 Å². The molecule has 0 saturated heterocycles. The van der Waals surface area contributed by atoms with Gasteiger partial charge in [-0.25, -0.2) is 8.78 Å². The fourth-order valence-corrected chi connectivity index (χ4v) is 1.77. The third-order valence-electron chi connectivity index (χ3n) is 2.60. The number of hydrogen-bond donors (Lipinski definition) is 1. The van der Waals surface area contributed by atoms with Crippen LogP contribution in [0.1, 0.15) is 26.5 Å². The predicted molar refractivity (Wildman–Crippen MR) is 65.0 cm³/mol. The Morgan fingerprint density at radius 2 is 1.89 bits per heavy atom. The molecule has 0 radical (unpaired) electrons. The van der Waals surface area contributed by atoms with Crippen molar-refractivity contribution in [1.82, 2.24) is 5.16 Å². The molecule has 0 aliphatic heterocycles. The zero-order valence-corrected chi connectivity index (χ0v) is 10.4. The number of nitrogens with two attached hydrogens (primary N) is 1. The summed E-state index contributed by atoms with van der Waals surface area (Å²) < 4.78 is 31.9. The van der Waals surface area contributed by atoms with Crippen molar-refractivity contribution in [3.05, 3.63) is 35.6 Å². The first-order valence-corrected chi connectivity index (χ1v) is 5.51. The van der Waals surface area contributed by atoms with Crippen molar-refractivity contribution >= 4 is 5.82 Å². The lowest BCUT2D eigenvalue weighted by Gasteiger charge is -2.16. The molecule has 1 heterocycles. The Morgan fingerprint density at radius 3 is 2.44 bits per heavy atom. The van der Waals surface area contributed by atoms with Crippen molar-refractivity contribution < 1.29 is 13.3 Å². The molecule has 3 nitrogen and oxygen atoms in total. The molecular formula is C13H14F2N2O. The van der Waals surface area contributed by atoms with Crippen LogP contribution in [-0.2, 0) is 5.41 Å². The van der Waals surface area contributed by atoms with Crippen LogP contribution < -0.4 is 5.73 Å². The van der Waals surface area contributed by atoms with Gasteiger partial charge in [0.2, 0.25) is 0 Å². The molecule has 2 aromatic rings. The van der Waals surface area contributed by atoms with E-state index < -0.39 is 11.6 Å². The van der Waals surface area contributed by atoms with Crippen molar-refractivity contribution in [1.29, 1.82) is 0 Å². The highest BCUT2D eigenvalue weighted by Gasteiger charge is 2.28. The summed E-state index contributed by atoms with van der Waals surface area (Å²) in [6.45, 7) is 5.70. The first-order valence-electron chi connectivity index (χ1n) is 5.51. The van der Waals surface area contributed by atoms with E-state index in [0.717, 1.165) is 6.07 Å². The summed E-state index contributed by atoms with van der Waals surface area (Å²) in [5, 5.41) is 3.67. The summed E-state index contributed by atoms with van der Waals surface area (Å²) in [5.74, 6) is -0.741. The van der Waals surface area contributed by atoms with E-state index in [-0.39, 0.29) is 16.8 Å². The van der Waals surface area contributed by atoms with E-state index in [1.165, 1.54) is 12.1 Å². The lowest BCUT2D eigenvalue weighted by Crippen LogP contribution is -2.11. The molecule has 0 aliphatic rings. The van der Waals surface area contributed by atoms with E-state index in [4.69, 9.17) is 10.3 Å². The number of rotatable bonds is 1. The second-order valence-electron chi connectivity index (χ2n) is 5.15. The molecule has 0 saturated carbocycles. The number of nitrogens with zero attached hydrogens (tertiary/aromatic N) is 1. The van der Waals surface area contributed by atoms with Gasteiger partial charge in [-0.1, -0.05) is 25.9 Å². The number of aromatic nitrogens is 1. The van der Waals surface area contributed by atoms with Gasteiger partial charge in [-0.3, -0.25) is 0 Å². The molecule has 0 amide bonds. The smallest absolute Gasteiger partial charge is 0.175 e. The van der Waals surface area contributed by atoms with Crippen LogP contribution in [-0.4, -0.2) is 5.16 Å². The summed E-state index contributed by atoms with van der Waals surface area (Å²) in [5.41, 5.74) is 5.92. The number of hydrogen-bond acceptors (Lipinski definition) is 3. The quantitative estimate of drug-likeness (QED) is 0.845. The van der Waals surface area contributed by atoms with Gasteiger partial charge in [0.25, 0.3) is 0 Å². The summed E-state index contributed by atoms with van der Waals surface area (Å²) in [6.07, 6.45) is 0. The van der Waals surface area contributed by atoms with Crippen LogP contribution in [0.2, 0.25) is 0 Å². The molecular weight excluding hydrogens is 238 g/mol. The SMILES string of the molecule is CC(C)(C)c1onc(N)c1-c1ccc(F)cc1F. The highest BCUT2D eigenvalue weighted by molar-refractivity contribution is 5.76. The Bertz CT molecular complexity index is 585. The summed E-state index contributed by atoms with van der Waals surface area (Å²) in [6, 6.07) is 3.33. The Hall–Kier alpha value is -1.91. The lowest BCUT2D eigenvalue weighted by atomic mass is 9.88. The minimum Gasteiger partial charge on any atom is -0.380 e. The van der Waals surface area contributed by atoms with Crippen molar-refractivity contribution in [2.45, 2.75) is 26.2 Å². The normalized spacial score (nSPS) is 11.8. The van der Waals surface area contributed by atoms with Gasteiger partial charge >= 0.3 is 0 Å². The van der Waals surface area contributed by atoms with Crippen LogP contribution in [0.5, 0.6) is 0 Å². The van der Waals surface area contributed by atoms with Crippen LogP contribution in [0.3, 0.4) is 0 Å².